The summed E-state index contributed by atoms with van der Waals surface area (Å²) < 4.78 is 17.3. The number of aryl methyl sites for hydroxylation is 3. The molecular weight excluding hydrogens is 460 g/mol. The Morgan fingerprint density at radius 3 is 2.60 bits per heavy atom. The molecule has 1 aliphatic rings. The Balaban J connectivity index is 1.33. The molecule has 0 bridgehead atoms. The number of hydrogen-bond acceptors (Lipinski definition) is 6. The summed E-state index contributed by atoms with van der Waals surface area (Å²) in [6, 6.07) is 11.7. The average Bonchev–Trinajstić information content (AvgIpc) is 3.19. The van der Waals surface area contributed by atoms with Gasteiger partial charge in [0, 0.05) is 10.4 Å². The number of benzene rings is 2. The van der Waals surface area contributed by atoms with Crippen LogP contribution in [-0.2, 0) is 12.8 Å². The third-order valence-electron chi connectivity index (χ3n) is 6.41. The molecule has 0 amide bonds. The van der Waals surface area contributed by atoms with Crippen LogP contribution in [0.25, 0.3) is 21.6 Å². The quantitative estimate of drug-likeness (QED) is 0.329. The first kappa shape index (κ1) is 23.4. The number of H-pyrrole nitrogens is 1. The molecule has 0 radical (unpaired) electrons. The number of rotatable bonds is 7. The third kappa shape index (κ3) is 4.91. The molecule has 2 heterocycles. The lowest BCUT2D eigenvalue weighted by Crippen LogP contribution is -2.13. The molecule has 0 spiro atoms. The molecule has 6 nitrogen and oxygen atoms in total. The van der Waals surface area contributed by atoms with Crippen molar-refractivity contribution in [2.24, 2.45) is 5.92 Å². The van der Waals surface area contributed by atoms with Gasteiger partial charge in [0.1, 0.15) is 29.6 Å². The molecule has 1 N–H and O–H groups in total. The van der Waals surface area contributed by atoms with Gasteiger partial charge < -0.3 is 19.2 Å². The number of aromatic nitrogens is 2. The molecule has 5 rings (SSSR count). The van der Waals surface area contributed by atoms with E-state index >= 15 is 0 Å². The monoisotopic (exact) mass is 490 g/mol. The van der Waals surface area contributed by atoms with Crippen molar-refractivity contribution in [1.82, 2.24) is 9.97 Å². The standard InChI is InChI=1S/C28H30N2O4S/c1-16-5-7-21-24(14-16)35-28-25(21)27(31)29-26(30-28)19-6-8-22(23(15-19)32-4)34-10-9-33-20-12-17(2)11-18(3)13-20/h6,8,11-13,15-16H,5,7,9-10,14H2,1-4H3,(H,29,30,31)/t16-/m0/s1. The summed E-state index contributed by atoms with van der Waals surface area (Å²) in [5, 5.41) is 0.761. The van der Waals surface area contributed by atoms with Gasteiger partial charge in [0.05, 0.1) is 12.5 Å². The van der Waals surface area contributed by atoms with Crippen molar-refractivity contribution in [3.8, 4) is 28.6 Å². The molecular formula is C28H30N2O4S. The minimum absolute atomic E-state index is 0.0696. The van der Waals surface area contributed by atoms with Crippen LogP contribution < -0.4 is 19.8 Å². The highest BCUT2D eigenvalue weighted by Crippen LogP contribution is 2.37. The normalized spacial score (nSPS) is 15.1. The van der Waals surface area contributed by atoms with Gasteiger partial charge in [-0.3, -0.25) is 4.79 Å². The van der Waals surface area contributed by atoms with Crippen molar-refractivity contribution in [3.05, 3.63) is 68.3 Å². The van der Waals surface area contributed by atoms with Gasteiger partial charge >= 0.3 is 0 Å². The van der Waals surface area contributed by atoms with Crippen LogP contribution in [-0.4, -0.2) is 30.3 Å². The maximum atomic E-state index is 13.0. The molecule has 0 saturated carbocycles. The number of thiophene rings is 1. The van der Waals surface area contributed by atoms with Crippen LogP contribution in [0.4, 0.5) is 0 Å². The van der Waals surface area contributed by atoms with Gasteiger partial charge in [-0.15, -0.1) is 11.3 Å². The summed E-state index contributed by atoms with van der Waals surface area (Å²) in [6.45, 7) is 7.16. The van der Waals surface area contributed by atoms with Crippen LogP contribution in [0, 0.1) is 19.8 Å². The Labute approximate surface area is 208 Å². The Morgan fingerprint density at radius 2 is 1.83 bits per heavy atom. The number of aromatic amines is 1. The SMILES string of the molecule is COc1cc(-c2nc3sc4c(c3c(=O)[nH]2)CC[C@H](C)C4)ccc1OCCOc1cc(C)cc(C)c1. The number of nitrogens with zero attached hydrogens (tertiary/aromatic N) is 1. The Kier molecular flexibility index (Phi) is 6.52. The van der Waals surface area contributed by atoms with E-state index in [0.29, 0.717) is 36.5 Å². The molecule has 4 aromatic rings. The summed E-state index contributed by atoms with van der Waals surface area (Å²) in [7, 11) is 1.60. The van der Waals surface area contributed by atoms with Crippen LogP contribution in [0.3, 0.4) is 0 Å². The van der Waals surface area contributed by atoms with Gasteiger partial charge in [-0.25, -0.2) is 4.98 Å². The fourth-order valence-corrected chi connectivity index (χ4v) is 6.13. The molecule has 0 unspecified atom stereocenters. The summed E-state index contributed by atoms with van der Waals surface area (Å²) in [4.78, 5) is 22.9. The zero-order valence-corrected chi connectivity index (χ0v) is 21.4. The van der Waals surface area contributed by atoms with Crippen molar-refractivity contribution in [2.75, 3.05) is 20.3 Å². The molecule has 2 aromatic carbocycles. The number of hydrogen-bond donors (Lipinski definition) is 1. The van der Waals surface area contributed by atoms with E-state index < -0.39 is 0 Å². The maximum absolute atomic E-state index is 13.0. The van der Waals surface area contributed by atoms with Crippen LogP contribution in [0.2, 0.25) is 0 Å². The Morgan fingerprint density at radius 1 is 1.06 bits per heavy atom. The third-order valence-corrected chi connectivity index (χ3v) is 7.56. The number of methoxy groups -OCH3 is 1. The van der Waals surface area contributed by atoms with E-state index in [2.05, 4.69) is 31.8 Å². The highest BCUT2D eigenvalue weighted by Gasteiger charge is 2.23. The number of fused-ring (bicyclic) bond motifs is 3. The zero-order chi connectivity index (χ0) is 24.5. The van der Waals surface area contributed by atoms with Crippen molar-refractivity contribution < 1.29 is 14.2 Å². The largest absolute Gasteiger partial charge is 0.493 e. The van der Waals surface area contributed by atoms with E-state index in [1.807, 2.05) is 30.3 Å². The lowest BCUT2D eigenvalue weighted by molar-refractivity contribution is 0.211. The second-order valence-electron chi connectivity index (χ2n) is 9.33. The fourth-order valence-electron chi connectivity index (χ4n) is 4.75. The van der Waals surface area contributed by atoms with E-state index in [0.717, 1.165) is 40.8 Å². The predicted molar refractivity (Wildman–Crippen MR) is 140 cm³/mol. The van der Waals surface area contributed by atoms with Gasteiger partial charge in [-0.05, 0) is 86.1 Å². The highest BCUT2D eigenvalue weighted by atomic mass is 32.1. The minimum atomic E-state index is -0.0696. The first-order valence-corrected chi connectivity index (χ1v) is 12.8. The van der Waals surface area contributed by atoms with Gasteiger partial charge in [-0.1, -0.05) is 13.0 Å². The topological polar surface area (TPSA) is 73.4 Å². The molecule has 0 aliphatic heterocycles. The molecule has 0 saturated heterocycles. The van der Waals surface area contributed by atoms with Crippen molar-refractivity contribution in [1.29, 1.82) is 0 Å². The van der Waals surface area contributed by atoms with Gasteiger partial charge in [-0.2, -0.15) is 0 Å². The first-order chi connectivity index (χ1) is 16.9. The van der Waals surface area contributed by atoms with Gasteiger partial charge in [0.25, 0.3) is 5.56 Å². The van der Waals surface area contributed by atoms with E-state index in [1.165, 1.54) is 21.6 Å². The summed E-state index contributed by atoms with van der Waals surface area (Å²) in [6.07, 6.45) is 3.10. The van der Waals surface area contributed by atoms with E-state index in [-0.39, 0.29) is 5.56 Å². The summed E-state index contributed by atoms with van der Waals surface area (Å²) in [5.74, 6) is 3.22. The summed E-state index contributed by atoms with van der Waals surface area (Å²) >= 11 is 1.65. The summed E-state index contributed by atoms with van der Waals surface area (Å²) in [5.41, 5.74) is 4.23. The van der Waals surface area contributed by atoms with Crippen LogP contribution in [0.1, 0.15) is 34.9 Å². The molecule has 35 heavy (non-hydrogen) atoms. The second-order valence-corrected chi connectivity index (χ2v) is 10.4. The smallest absolute Gasteiger partial charge is 0.260 e. The van der Waals surface area contributed by atoms with Crippen LogP contribution >= 0.6 is 11.3 Å². The maximum Gasteiger partial charge on any atom is 0.260 e. The zero-order valence-electron chi connectivity index (χ0n) is 20.6. The van der Waals surface area contributed by atoms with Crippen LogP contribution in [0.5, 0.6) is 17.2 Å². The van der Waals surface area contributed by atoms with Crippen molar-refractivity contribution in [3.63, 3.8) is 0 Å². The van der Waals surface area contributed by atoms with Crippen molar-refractivity contribution in [2.45, 2.75) is 40.0 Å². The van der Waals surface area contributed by atoms with E-state index in [9.17, 15) is 4.79 Å². The highest BCUT2D eigenvalue weighted by molar-refractivity contribution is 7.18. The van der Waals surface area contributed by atoms with E-state index in [4.69, 9.17) is 19.2 Å². The predicted octanol–water partition coefficient (Wildman–Crippen LogP) is 5.86. The average molecular weight is 491 g/mol. The van der Waals surface area contributed by atoms with Gasteiger partial charge in [0.15, 0.2) is 11.5 Å². The molecule has 7 heteroatoms. The number of ether oxygens (including phenoxy) is 3. The van der Waals surface area contributed by atoms with Crippen LogP contribution in [0.15, 0.2) is 41.2 Å². The molecule has 1 aliphatic carbocycles. The second kappa shape index (κ2) is 9.74. The Bertz CT molecular complexity index is 1420. The molecule has 0 fully saturated rings. The lowest BCUT2D eigenvalue weighted by atomic mass is 9.89. The lowest BCUT2D eigenvalue weighted by Gasteiger charge is -2.17. The molecule has 2 aromatic heterocycles. The Hall–Kier alpha value is -3.32. The minimum Gasteiger partial charge on any atom is -0.493 e. The number of nitrogens with one attached hydrogen (secondary N) is 1. The van der Waals surface area contributed by atoms with Gasteiger partial charge in [0.2, 0.25) is 0 Å². The molecule has 1 atom stereocenters. The first-order valence-electron chi connectivity index (χ1n) is 12.0. The van der Waals surface area contributed by atoms with E-state index in [1.54, 1.807) is 18.4 Å². The molecule has 182 valence electrons. The van der Waals surface area contributed by atoms with Crippen molar-refractivity contribution >= 4 is 21.6 Å². The fraction of sp³-hybridized carbons (Fsp3) is 0.357.